The first kappa shape index (κ1) is 18.6. The van der Waals surface area contributed by atoms with Crippen LogP contribution in [0.3, 0.4) is 0 Å². The molecule has 1 aliphatic heterocycles. The Hall–Kier alpha value is -0.770. The summed E-state index contributed by atoms with van der Waals surface area (Å²) in [6, 6.07) is 8.21. The van der Waals surface area contributed by atoms with E-state index in [-0.39, 0.29) is 23.7 Å². The average Bonchev–Trinajstić information content (AvgIpc) is 2.56. The fourth-order valence-electron chi connectivity index (χ4n) is 3.88. The van der Waals surface area contributed by atoms with E-state index in [4.69, 9.17) is 11.6 Å². The van der Waals surface area contributed by atoms with Gasteiger partial charge in [0.1, 0.15) is 0 Å². The molecule has 3 nitrogen and oxygen atoms in total. The molecule has 2 aliphatic rings. The van der Waals surface area contributed by atoms with Crippen molar-refractivity contribution >= 4 is 29.9 Å². The van der Waals surface area contributed by atoms with Crippen LogP contribution in [0.25, 0.3) is 0 Å². The Morgan fingerprint density at radius 3 is 2.52 bits per heavy atom. The maximum absolute atomic E-state index is 13.1. The van der Waals surface area contributed by atoms with Crippen LogP contribution in [0, 0.1) is 0 Å². The van der Waals surface area contributed by atoms with Gasteiger partial charge in [-0.15, -0.1) is 12.4 Å². The Morgan fingerprint density at radius 2 is 1.87 bits per heavy atom. The molecule has 0 bridgehead atoms. The van der Waals surface area contributed by atoms with E-state index in [2.05, 4.69) is 16.7 Å². The van der Waals surface area contributed by atoms with Crippen molar-refractivity contribution in [3.05, 3.63) is 34.9 Å². The van der Waals surface area contributed by atoms with E-state index in [1.54, 1.807) is 0 Å². The smallest absolute Gasteiger partial charge is 0.230 e. The van der Waals surface area contributed by atoms with E-state index < -0.39 is 0 Å². The molecule has 0 radical (unpaired) electrons. The summed E-state index contributed by atoms with van der Waals surface area (Å²) in [6.45, 7) is 1.99. The number of rotatable bonds is 3. The number of halogens is 2. The van der Waals surface area contributed by atoms with Gasteiger partial charge in [0, 0.05) is 11.1 Å². The van der Waals surface area contributed by atoms with E-state index in [9.17, 15) is 4.79 Å². The van der Waals surface area contributed by atoms with Crippen LogP contribution in [0.2, 0.25) is 5.02 Å². The second-order valence-corrected chi connectivity index (χ2v) is 7.09. The number of piperidine rings is 1. The molecule has 128 valence electrons. The molecule has 2 N–H and O–H groups in total. The van der Waals surface area contributed by atoms with Crippen LogP contribution in [0.15, 0.2) is 24.3 Å². The van der Waals surface area contributed by atoms with Gasteiger partial charge < -0.3 is 10.6 Å². The van der Waals surface area contributed by atoms with Crippen LogP contribution < -0.4 is 10.6 Å². The third-order valence-electron chi connectivity index (χ3n) is 5.19. The van der Waals surface area contributed by atoms with Gasteiger partial charge in [-0.2, -0.15) is 0 Å². The minimum atomic E-state index is -0.381. The quantitative estimate of drug-likeness (QED) is 0.863. The Labute approximate surface area is 150 Å². The number of nitrogens with one attached hydrogen (secondary N) is 2. The highest BCUT2D eigenvalue weighted by Gasteiger charge is 2.41. The predicted octanol–water partition coefficient (Wildman–Crippen LogP) is 3.83. The van der Waals surface area contributed by atoms with Crippen molar-refractivity contribution in [2.45, 2.75) is 56.4 Å². The second kappa shape index (κ2) is 8.36. The summed E-state index contributed by atoms with van der Waals surface area (Å²) in [5.41, 5.74) is 0.708. The van der Waals surface area contributed by atoms with E-state index >= 15 is 0 Å². The largest absolute Gasteiger partial charge is 0.353 e. The molecule has 1 saturated carbocycles. The van der Waals surface area contributed by atoms with Crippen molar-refractivity contribution in [2.75, 3.05) is 13.1 Å². The SMILES string of the molecule is Cl.O=C(NC1CCNCC1)C1(c2cccc(Cl)c2)CCCCC1. The molecule has 1 aromatic carbocycles. The number of carbonyl (C=O) groups is 1. The van der Waals surface area contributed by atoms with E-state index in [1.807, 2.05) is 18.2 Å². The first-order valence-electron chi connectivity index (χ1n) is 8.48. The van der Waals surface area contributed by atoms with Crippen LogP contribution in [0.1, 0.15) is 50.5 Å². The molecule has 0 unspecified atom stereocenters. The van der Waals surface area contributed by atoms with Crippen molar-refractivity contribution in [3.8, 4) is 0 Å². The maximum atomic E-state index is 13.1. The molecule has 1 saturated heterocycles. The zero-order valence-electron chi connectivity index (χ0n) is 13.4. The lowest BCUT2D eigenvalue weighted by atomic mass is 9.68. The molecule has 1 amide bonds. The van der Waals surface area contributed by atoms with E-state index in [1.165, 1.54) is 6.42 Å². The fraction of sp³-hybridized carbons (Fsp3) is 0.611. The van der Waals surface area contributed by atoms with Crippen LogP contribution in [0.5, 0.6) is 0 Å². The molecule has 23 heavy (non-hydrogen) atoms. The maximum Gasteiger partial charge on any atom is 0.230 e. The molecule has 1 aliphatic carbocycles. The minimum Gasteiger partial charge on any atom is -0.353 e. The number of carbonyl (C=O) groups excluding carboxylic acids is 1. The number of amides is 1. The summed E-state index contributed by atoms with van der Waals surface area (Å²) >= 11 is 6.18. The standard InChI is InChI=1S/C18H25ClN2O.ClH/c19-15-6-4-5-14(13-15)18(9-2-1-3-10-18)17(22)21-16-7-11-20-12-8-16;/h4-6,13,16,20H,1-3,7-12H2,(H,21,22);1H. The topological polar surface area (TPSA) is 41.1 Å². The minimum absolute atomic E-state index is 0. The van der Waals surface area contributed by atoms with Crippen molar-refractivity contribution in [1.82, 2.24) is 10.6 Å². The lowest BCUT2D eigenvalue weighted by molar-refractivity contribution is -0.129. The summed E-state index contributed by atoms with van der Waals surface area (Å²) in [4.78, 5) is 13.1. The van der Waals surface area contributed by atoms with Gasteiger partial charge in [0.25, 0.3) is 0 Å². The highest BCUT2D eigenvalue weighted by Crippen LogP contribution is 2.40. The molecular weight excluding hydrogens is 331 g/mol. The second-order valence-electron chi connectivity index (χ2n) is 6.65. The van der Waals surface area contributed by atoms with E-state index in [0.29, 0.717) is 6.04 Å². The van der Waals surface area contributed by atoms with Gasteiger partial charge in [0.15, 0.2) is 0 Å². The molecule has 1 aromatic rings. The molecule has 5 heteroatoms. The Balaban J connectivity index is 0.00000192. The van der Waals surface area contributed by atoms with Gasteiger partial charge in [0.2, 0.25) is 5.91 Å². The predicted molar refractivity (Wildman–Crippen MR) is 97.5 cm³/mol. The van der Waals surface area contributed by atoms with Crippen LogP contribution >= 0.6 is 24.0 Å². The molecular formula is C18H26Cl2N2O. The van der Waals surface area contributed by atoms with Crippen molar-refractivity contribution in [3.63, 3.8) is 0 Å². The Bertz CT molecular complexity index is 524. The van der Waals surface area contributed by atoms with Crippen molar-refractivity contribution in [2.24, 2.45) is 0 Å². The molecule has 3 rings (SSSR count). The zero-order valence-corrected chi connectivity index (χ0v) is 15.0. The van der Waals surface area contributed by atoms with E-state index in [0.717, 1.165) is 62.2 Å². The summed E-state index contributed by atoms with van der Waals surface area (Å²) in [7, 11) is 0. The number of hydrogen-bond acceptors (Lipinski definition) is 2. The molecule has 0 atom stereocenters. The highest BCUT2D eigenvalue weighted by molar-refractivity contribution is 6.30. The van der Waals surface area contributed by atoms with Crippen LogP contribution in [0.4, 0.5) is 0 Å². The summed E-state index contributed by atoms with van der Waals surface area (Å²) < 4.78 is 0. The molecule has 0 aromatic heterocycles. The summed E-state index contributed by atoms with van der Waals surface area (Å²) in [5, 5.41) is 7.39. The van der Waals surface area contributed by atoms with Gasteiger partial charge in [0.05, 0.1) is 5.41 Å². The Morgan fingerprint density at radius 1 is 1.17 bits per heavy atom. The van der Waals surface area contributed by atoms with Gasteiger partial charge >= 0.3 is 0 Å². The molecule has 2 fully saturated rings. The van der Waals surface area contributed by atoms with Crippen molar-refractivity contribution in [1.29, 1.82) is 0 Å². The monoisotopic (exact) mass is 356 g/mol. The van der Waals surface area contributed by atoms with Crippen LogP contribution in [-0.4, -0.2) is 25.0 Å². The van der Waals surface area contributed by atoms with Gasteiger partial charge in [-0.05, 0) is 56.5 Å². The summed E-state index contributed by atoms with van der Waals surface area (Å²) in [5.74, 6) is 0.210. The van der Waals surface area contributed by atoms with Crippen molar-refractivity contribution < 1.29 is 4.79 Å². The lowest BCUT2D eigenvalue weighted by Crippen LogP contribution is -2.51. The third-order valence-corrected chi connectivity index (χ3v) is 5.43. The van der Waals surface area contributed by atoms with Crippen LogP contribution in [-0.2, 0) is 10.2 Å². The summed E-state index contributed by atoms with van der Waals surface area (Å²) in [6.07, 6.45) is 7.38. The fourth-order valence-corrected chi connectivity index (χ4v) is 4.07. The number of benzene rings is 1. The molecule has 0 spiro atoms. The zero-order chi connectivity index (χ0) is 15.4. The Kier molecular flexibility index (Phi) is 6.75. The third kappa shape index (κ3) is 4.20. The first-order valence-corrected chi connectivity index (χ1v) is 8.86. The molecule has 1 heterocycles. The van der Waals surface area contributed by atoms with Gasteiger partial charge in [-0.1, -0.05) is 43.0 Å². The van der Waals surface area contributed by atoms with Gasteiger partial charge in [-0.3, -0.25) is 4.79 Å². The lowest BCUT2D eigenvalue weighted by Gasteiger charge is -2.38. The highest BCUT2D eigenvalue weighted by atomic mass is 35.5. The number of hydrogen-bond donors (Lipinski definition) is 2. The first-order chi connectivity index (χ1) is 10.7. The van der Waals surface area contributed by atoms with Gasteiger partial charge in [-0.25, -0.2) is 0 Å². The normalized spacial score (nSPS) is 21.3. The average molecular weight is 357 g/mol.